The van der Waals surface area contributed by atoms with Crippen molar-refractivity contribution in [3.63, 3.8) is 0 Å². The Labute approximate surface area is 110 Å². The molecular weight excluding hydrogens is 246 g/mol. The van der Waals surface area contributed by atoms with Crippen molar-refractivity contribution in [2.75, 3.05) is 19.4 Å². The molecule has 0 radical (unpaired) electrons. The molecule has 2 aromatic rings. The summed E-state index contributed by atoms with van der Waals surface area (Å²) in [4.78, 5) is 12.0. The van der Waals surface area contributed by atoms with E-state index in [0.717, 1.165) is 0 Å². The number of anilines is 1. The van der Waals surface area contributed by atoms with Crippen LogP contribution in [0.4, 0.5) is 5.69 Å². The topological polar surface area (TPSA) is 95.1 Å². The van der Waals surface area contributed by atoms with Crippen LogP contribution >= 0.6 is 0 Å². The number of amides is 1. The zero-order valence-corrected chi connectivity index (χ0v) is 10.5. The van der Waals surface area contributed by atoms with E-state index < -0.39 is 0 Å². The van der Waals surface area contributed by atoms with Gasteiger partial charge in [0, 0.05) is 12.7 Å². The lowest BCUT2D eigenvalue weighted by molar-refractivity contribution is 0.0949. The molecule has 0 fully saturated rings. The zero-order valence-electron chi connectivity index (χ0n) is 10.5. The molecule has 0 saturated heterocycles. The first-order valence-corrected chi connectivity index (χ1v) is 5.77. The van der Waals surface area contributed by atoms with Gasteiger partial charge in [-0.05, 0) is 12.1 Å². The van der Waals surface area contributed by atoms with Gasteiger partial charge in [-0.1, -0.05) is 11.3 Å². The fourth-order valence-corrected chi connectivity index (χ4v) is 1.69. The summed E-state index contributed by atoms with van der Waals surface area (Å²) < 4.78 is 6.77. The second kappa shape index (κ2) is 5.85. The lowest BCUT2D eigenvalue weighted by Gasteiger charge is -2.11. The third-order valence-corrected chi connectivity index (χ3v) is 2.59. The normalized spacial score (nSPS) is 10.2. The van der Waals surface area contributed by atoms with Crippen LogP contribution in [0, 0.1) is 0 Å². The minimum atomic E-state index is -0.232. The van der Waals surface area contributed by atoms with E-state index in [0.29, 0.717) is 30.1 Å². The number of para-hydroxylation sites is 1. The van der Waals surface area contributed by atoms with Crippen LogP contribution in [-0.4, -0.2) is 34.6 Å². The van der Waals surface area contributed by atoms with Gasteiger partial charge in [-0.15, -0.1) is 5.10 Å². The van der Waals surface area contributed by atoms with Crippen molar-refractivity contribution in [2.24, 2.45) is 0 Å². The molecule has 0 bridgehead atoms. The molecule has 0 aliphatic heterocycles. The van der Waals surface area contributed by atoms with Crippen molar-refractivity contribution >= 4 is 11.6 Å². The van der Waals surface area contributed by atoms with Crippen molar-refractivity contribution in [3.8, 4) is 5.75 Å². The molecule has 0 aliphatic carbocycles. The van der Waals surface area contributed by atoms with E-state index in [1.54, 1.807) is 35.3 Å². The first-order valence-electron chi connectivity index (χ1n) is 5.77. The predicted octanol–water partition coefficient (Wildman–Crippen LogP) is 0.299. The summed E-state index contributed by atoms with van der Waals surface area (Å²) in [5.74, 6) is 0.157. The van der Waals surface area contributed by atoms with Crippen LogP contribution in [0.2, 0.25) is 0 Å². The number of ether oxygens (including phenoxy) is 1. The molecule has 1 aromatic carbocycles. The maximum absolute atomic E-state index is 12.0. The van der Waals surface area contributed by atoms with Crippen molar-refractivity contribution in [2.45, 2.75) is 6.54 Å². The molecule has 3 N–H and O–H groups in total. The Balaban J connectivity index is 1.98. The Morgan fingerprint density at radius 1 is 1.53 bits per heavy atom. The maximum Gasteiger partial charge on any atom is 0.255 e. The number of hydrogen-bond acceptors (Lipinski definition) is 5. The first-order chi connectivity index (χ1) is 9.22. The zero-order chi connectivity index (χ0) is 13.7. The number of carbonyl (C=O) groups is 1. The molecule has 1 amide bonds. The van der Waals surface area contributed by atoms with Gasteiger partial charge in [-0.25, -0.2) is 0 Å². The first kappa shape index (κ1) is 12.9. The number of carbonyl (C=O) groups excluding carboxylic acids is 1. The molecule has 7 heteroatoms. The summed E-state index contributed by atoms with van der Waals surface area (Å²) in [5.41, 5.74) is 6.60. The number of rotatable bonds is 5. The van der Waals surface area contributed by atoms with Crippen LogP contribution in [0.25, 0.3) is 0 Å². The van der Waals surface area contributed by atoms with Crippen LogP contribution in [0.1, 0.15) is 10.4 Å². The van der Waals surface area contributed by atoms with Crippen LogP contribution in [0.5, 0.6) is 5.75 Å². The number of nitrogens with one attached hydrogen (secondary N) is 1. The highest BCUT2D eigenvalue weighted by molar-refractivity contribution is 5.98. The minimum Gasteiger partial charge on any atom is -0.494 e. The van der Waals surface area contributed by atoms with Crippen molar-refractivity contribution in [1.29, 1.82) is 0 Å². The molecule has 100 valence electrons. The molecule has 0 atom stereocenters. The lowest BCUT2D eigenvalue weighted by atomic mass is 10.1. The number of nitrogens with two attached hydrogens (primary N) is 1. The van der Waals surface area contributed by atoms with E-state index in [9.17, 15) is 4.79 Å². The quantitative estimate of drug-likeness (QED) is 0.755. The van der Waals surface area contributed by atoms with Crippen molar-refractivity contribution in [1.82, 2.24) is 20.3 Å². The summed E-state index contributed by atoms with van der Waals surface area (Å²) in [7, 11) is 1.48. The molecule has 0 unspecified atom stereocenters. The van der Waals surface area contributed by atoms with Gasteiger partial charge in [0.15, 0.2) is 5.75 Å². The van der Waals surface area contributed by atoms with E-state index in [1.165, 1.54) is 7.11 Å². The molecule has 0 aliphatic rings. The monoisotopic (exact) mass is 261 g/mol. The molecule has 2 rings (SSSR count). The third-order valence-electron chi connectivity index (χ3n) is 2.59. The summed E-state index contributed by atoms with van der Waals surface area (Å²) in [6.45, 7) is 0.997. The van der Waals surface area contributed by atoms with E-state index in [-0.39, 0.29) is 5.91 Å². The highest BCUT2D eigenvalue weighted by Gasteiger charge is 2.13. The number of aromatic nitrogens is 3. The smallest absolute Gasteiger partial charge is 0.255 e. The Morgan fingerprint density at radius 2 is 2.37 bits per heavy atom. The van der Waals surface area contributed by atoms with Crippen LogP contribution in [0.3, 0.4) is 0 Å². The Morgan fingerprint density at radius 3 is 3.05 bits per heavy atom. The van der Waals surface area contributed by atoms with Crippen LogP contribution in [-0.2, 0) is 6.54 Å². The Hall–Kier alpha value is -2.57. The van der Waals surface area contributed by atoms with Gasteiger partial charge in [-0.2, -0.15) is 0 Å². The summed E-state index contributed by atoms with van der Waals surface area (Å²) in [6.07, 6.45) is 3.32. The van der Waals surface area contributed by atoms with Gasteiger partial charge in [0.1, 0.15) is 0 Å². The highest BCUT2D eigenvalue weighted by Crippen LogP contribution is 2.25. The summed E-state index contributed by atoms with van der Waals surface area (Å²) >= 11 is 0. The fraction of sp³-hybridized carbons (Fsp3) is 0.250. The molecular formula is C12H15N5O2. The van der Waals surface area contributed by atoms with Crippen LogP contribution in [0.15, 0.2) is 30.6 Å². The number of nitrogens with zero attached hydrogens (tertiary/aromatic N) is 3. The van der Waals surface area contributed by atoms with Gasteiger partial charge < -0.3 is 15.8 Å². The van der Waals surface area contributed by atoms with Gasteiger partial charge in [0.2, 0.25) is 0 Å². The molecule has 1 heterocycles. The summed E-state index contributed by atoms with van der Waals surface area (Å²) in [5, 5.41) is 10.3. The van der Waals surface area contributed by atoms with Gasteiger partial charge >= 0.3 is 0 Å². The molecule has 0 saturated carbocycles. The minimum absolute atomic E-state index is 0.232. The second-order valence-electron chi connectivity index (χ2n) is 3.85. The number of hydrogen-bond donors (Lipinski definition) is 2. The maximum atomic E-state index is 12.0. The average Bonchev–Trinajstić information content (AvgIpc) is 2.91. The predicted molar refractivity (Wildman–Crippen MR) is 69.8 cm³/mol. The molecule has 0 spiro atoms. The van der Waals surface area contributed by atoms with Crippen LogP contribution < -0.4 is 15.8 Å². The van der Waals surface area contributed by atoms with Gasteiger partial charge in [0.05, 0.1) is 31.1 Å². The molecule has 1 aromatic heterocycles. The Bertz CT molecular complexity index is 553. The average molecular weight is 261 g/mol. The number of benzene rings is 1. The Kier molecular flexibility index (Phi) is 3.97. The number of methoxy groups -OCH3 is 1. The molecule has 7 nitrogen and oxygen atoms in total. The molecule has 19 heavy (non-hydrogen) atoms. The van der Waals surface area contributed by atoms with E-state index in [4.69, 9.17) is 10.5 Å². The van der Waals surface area contributed by atoms with E-state index in [1.807, 2.05) is 0 Å². The SMILES string of the molecule is COc1c(N)cccc1C(=O)NCCn1ccnn1. The fourth-order valence-electron chi connectivity index (χ4n) is 1.69. The van der Waals surface area contributed by atoms with Gasteiger partial charge in [-0.3, -0.25) is 9.48 Å². The van der Waals surface area contributed by atoms with Crippen molar-refractivity contribution < 1.29 is 9.53 Å². The van der Waals surface area contributed by atoms with Crippen molar-refractivity contribution in [3.05, 3.63) is 36.2 Å². The standard InChI is InChI=1S/C12H15N5O2/c1-19-11-9(3-2-4-10(11)13)12(18)14-5-7-17-8-6-15-16-17/h2-4,6,8H,5,7,13H2,1H3,(H,14,18). The third kappa shape index (κ3) is 3.01. The van der Waals surface area contributed by atoms with E-state index >= 15 is 0 Å². The number of nitrogen functional groups attached to an aromatic ring is 1. The highest BCUT2D eigenvalue weighted by atomic mass is 16.5. The summed E-state index contributed by atoms with van der Waals surface area (Å²) in [6, 6.07) is 5.06. The second-order valence-corrected chi connectivity index (χ2v) is 3.85. The lowest BCUT2D eigenvalue weighted by Crippen LogP contribution is -2.27. The largest absolute Gasteiger partial charge is 0.494 e. The van der Waals surface area contributed by atoms with Gasteiger partial charge in [0.25, 0.3) is 5.91 Å². The van der Waals surface area contributed by atoms with E-state index in [2.05, 4.69) is 15.6 Å².